The Morgan fingerprint density at radius 2 is 2.00 bits per heavy atom. The van der Waals surface area contributed by atoms with Gasteiger partial charge in [-0.3, -0.25) is 14.5 Å². The molecule has 8 heteroatoms. The van der Waals surface area contributed by atoms with Gasteiger partial charge >= 0.3 is 5.97 Å². The molecule has 0 bridgehead atoms. The molecule has 1 atom stereocenters. The summed E-state index contributed by atoms with van der Waals surface area (Å²) in [4.78, 5) is 41.7. The molecule has 3 rings (SSSR count). The monoisotopic (exact) mass is 376 g/mol. The third-order valence-corrected chi connectivity index (χ3v) is 4.98. The number of aliphatic carboxylic acids is 1. The number of carbonyl (C=O) groups excluding carboxylic acids is 2. The number of Topliss-reactive ketones (excluding diaryl/α,β-unsaturated/α-hetero) is 1. The quantitative estimate of drug-likeness (QED) is 0.640. The summed E-state index contributed by atoms with van der Waals surface area (Å²) >= 11 is 7.45. The minimum absolute atomic E-state index is 0.178. The highest BCUT2D eigenvalue weighted by Crippen LogP contribution is 2.21. The molecule has 25 heavy (non-hydrogen) atoms. The Labute approximate surface area is 152 Å². The number of hydrogen-bond acceptors (Lipinski definition) is 5. The number of carbonyl (C=O) groups is 3. The number of aliphatic imine (C=N–C) groups is 1. The van der Waals surface area contributed by atoms with Gasteiger partial charge in [-0.15, -0.1) is 11.3 Å². The van der Waals surface area contributed by atoms with E-state index in [1.807, 2.05) is 12.1 Å². The van der Waals surface area contributed by atoms with Gasteiger partial charge in [0.2, 0.25) is 6.04 Å². The normalized spacial score (nSPS) is 17.6. The number of benzene rings is 1. The first kappa shape index (κ1) is 17.3. The number of carboxylic acids is 1. The molecular weight excluding hydrogens is 364 g/mol. The molecule has 1 amide bonds. The summed E-state index contributed by atoms with van der Waals surface area (Å²) in [5.41, 5.74) is 0.829. The second-order valence-corrected chi connectivity index (χ2v) is 6.69. The zero-order valence-electron chi connectivity index (χ0n) is 12.9. The molecule has 6 nitrogen and oxygen atoms in total. The van der Waals surface area contributed by atoms with Gasteiger partial charge in [-0.05, 0) is 29.5 Å². The van der Waals surface area contributed by atoms with Gasteiger partial charge in [-0.1, -0.05) is 35.9 Å². The number of nitrogens with zero attached hydrogens (tertiary/aromatic N) is 2. The molecule has 0 saturated carbocycles. The van der Waals surface area contributed by atoms with Gasteiger partial charge in [0, 0.05) is 11.6 Å². The van der Waals surface area contributed by atoms with Crippen molar-refractivity contribution >= 4 is 46.4 Å². The van der Waals surface area contributed by atoms with Crippen molar-refractivity contribution in [2.45, 2.75) is 12.5 Å². The van der Waals surface area contributed by atoms with Gasteiger partial charge in [-0.2, -0.15) is 0 Å². The van der Waals surface area contributed by atoms with Gasteiger partial charge < -0.3 is 5.11 Å². The largest absolute Gasteiger partial charge is 0.479 e. The van der Waals surface area contributed by atoms with Gasteiger partial charge in [-0.25, -0.2) is 9.79 Å². The van der Waals surface area contributed by atoms with E-state index in [9.17, 15) is 14.4 Å². The van der Waals surface area contributed by atoms with Crippen molar-refractivity contribution in [3.8, 4) is 0 Å². The van der Waals surface area contributed by atoms with E-state index >= 15 is 0 Å². The Bertz CT molecular complexity index is 863. The molecule has 1 aliphatic heterocycles. The van der Waals surface area contributed by atoms with Crippen molar-refractivity contribution in [1.82, 2.24) is 4.90 Å². The molecule has 0 fully saturated rings. The molecule has 1 aromatic heterocycles. The molecule has 1 N–H and O–H groups in total. The molecule has 1 aromatic carbocycles. The molecular formula is C17H13ClN2O4S. The van der Waals surface area contributed by atoms with Crippen molar-refractivity contribution < 1.29 is 19.5 Å². The molecule has 0 aliphatic carbocycles. The maximum atomic E-state index is 12.5. The van der Waals surface area contributed by atoms with E-state index < -0.39 is 23.7 Å². The van der Waals surface area contributed by atoms with Crippen LogP contribution in [0.3, 0.4) is 0 Å². The summed E-state index contributed by atoms with van der Waals surface area (Å²) in [5, 5.41) is 11.5. The molecule has 0 saturated heterocycles. The van der Waals surface area contributed by atoms with Crippen LogP contribution in [0.5, 0.6) is 0 Å². The third-order valence-electron chi connectivity index (χ3n) is 3.75. The van der Waals surface area contributed by atoms with Crippen LogP contribution in [0.1, 0.15) is 10.4 Å². The van der Waals surface area contributed by atoms with Crippen molar-refractivity contribution in [3.63, 3.8) is 0 Å². The van der Waals surface area contributed by atoms with Gasteiger partial charge in [0.05, 0.1) is 4.88 Å². The first-order valence-electron chi connectivity index (χ1n) is 7.42. The van der Waals surface area contributed by atoms with E-state index in [-0.39, 0.29) is 12.4 Å². The second-order valence-electron chi connectivity index (χ2n) is 5.33. The van der Waals surface area contributed by atoms with Crippen LogP contribution < -0.4 is 0 Å². The molecule has 2 aromatic rings. The fraction of sp³-hybridized carbons (Fsp3) is 0.176. The predicted molar refractivity (Wildman–Crippen MR) is 94.2 cm³/mol. The lowest BCUT2D eigenvalue weighted by Crippen LogP contribution is -2.52. The van der Waals surface area contributed by atoms with E-state index in [2.05, 4.69) is 4.99 Å². The van der Waals surface area contributed by atoms with Crippen LogP contribution >= 0.6 is 22.9 Å². The van der Waals surface area contributed by atoms with Gasteiger partial charge in [0.25, 0.3) is 11.7 Å². The number of ketones is 1. The minimum atomic E-state index is -1.69. The van der Waals surface area contributed by atoms with Crippen LogP contribution in [0.2, 0.25) is 5.02 Å². The van der Waals surface area contributed by atoms with E-state index in [1.54, 1.807) is 29.6 Å². The Kier molecular flexibility index (Phi) is 4.96. The number of carboxylic acid groups (broad SMARTS) is 1. The smallest absolute Gasteiger partial charge is 0.336 e. The standard InChI is InChI=1S/C17H13ClN2O4S/c18-11-5-2-1-4-10(11)7-8-20-15(12-6-3-9-25-12)19-13(17(23)24)14(21)16(20)22/h1-6,9,13H,7-8H2,(H,23,24). The summed E-state index contributed by atoms with van der Waals surface area (Å²) in [6.45, 7) is 0.178. The van der Waals surface area contributed by atoms with Gasteiger partial charge in [0.15, 0.2) is 0 Å². The molecule has 1 unspecified atom stereocenters. The Morgan fingerprint density at radius 1 is 1.24 bits per heavy atom. The topological polar surface area (TPSA) is 87.0 Å². The lowest BCUT2D eigenvalue weighted by Gasteiger charge is -2.28. The lowest BCUT2D eigenvalue weighted by molar-refractivity contribution is -0.150. The van der Waals surface area contributed by atoms with E-state index in [4.69, 9.17) is 16.7 Å². The van der Waals surface area contributed by atoms with E-state index in [1.165, 1.54) is 16.2 Å². The molecule has 0 spiro atoms. The maximum absolute atomic E-state index is 12.5. The summed E-state index contributed by atoms with van der Waals surface area (Å²) in [5.74, 6) is -3.12. The Morgan fingerprint density at radius 3 is 2.64 bits per heavy atom. The molecule has 1 aliphatic rings. The maximum Gasteiger partial charge on any atom is 0.336 e. The summed E-state index contributed by atoms with van der Waals surface area (Å²) in [6.07, 6.45) is 0.417. The fourth-order valence-corrected chi connectivity index (χ4v) is 3.47. The van der Waals surface area contributed by atoms with Crippen LogP contribution in [0.15, 0.2) is 46.8 Å². The zero-order chi connectivity index (χ0) is 18.0. The van der Waals surface area contributed by atoms with E-state index in [0.29, 0.717) is 16.3 Å². The first-order valence-corrected chi connectivity index (χ1v) is 8.68. The van der Waals surface area contributed by atoms with Crippen LogP contribution in [-0.4, -0.2) is 46.1 Å². The van der Waals surface area contributed by atoms with Crippen LogP contribution in [-0.2, 0) is 20.8 Å². The minimum Gasteiger partial charge on any atom is -0.479 e. The molecule has 0 radical (unpaired) electrons. The first-order chi connectivity index (χ1) is 12.0. The Balaban J connectivity index is 1.93. The van der Waals surface area contributed by atoms with Crippen molar-refractivity contribution in [2.75, 3.05) is 6.54 Å². The second kappa shape index (κ2) is 7.16. The lowest BCUT2D eigenvalue weighted by atomic mass is 10.1. The van der Waals surface area contributed by atoms with Crippen molar-refractivity contribution in [2.24, 2.45) is 4.99 Å². The summed E-state index contributed by atoms with van der Waals surface area (Å²) in [7, 11) is 0. The Hall–Kier alpha value is -2.51. The van der Waals surface area contributed by atoms with Crippen molar-refractivity contribution in [3.05, 3.63) is 57.2 Å². The van der Waals surface area contributed by atoms with Crippen LogP contribution in [0.25, 0.3) is 0 Å². The highest BCUT2D eigenvalue weighted by Gasteiger charge is 2.41. The number of thiophene rings is 1. The van der Waals surface area contributed by atoms with Crippen LogP contribution in [0, 0.1) is 0 Å². The number of amidine groups is 1. The van der Waals surface area contributed by atoms with Gasteiger partial charge in [0.1, 0.15) is 5.84 Å². The fourth-order valence-electron chi connectivity index (χ4n) is 2.51. The predicted octanol–water partition coefficient (Wildman–Crippen LogP) is 2.26. The van der Waals surface area contributed by atoms with E-state index in [0.717, 1.165) is 5.56 Å². The number of amides is 1. The SMILES string of the molecule is O=C(O)C1N=C(c2cccs2)N(CCc2ccccc2Cl)C(=O)C1=O. The average Bonchev–Trinajstić information content (AvgIpc) is 3.11. The number of halogens is 1. The third kappa shape index (κ3) is 3.47. The summed E-state index contributed by atoms with van der Waals surface area (Å²) in [6, 6.07) is 9.02. The zero-order valence-corrected chi connectivity index (χ0v) is 14.5. The highest BCUT2D eigenvalue weighted by atomic mass is 35.5. The molecule has 2 heterocycles. The van der Waals surface area contributed by atoms with Crippen LogP contribution in [0.4, 0.5) is 0 Å². The molecule has 128 valence electrons. The number of hydrogen-bond donors (Lipinski definition) is 1. The highest BCUT2D eigenvalue weighted by molar-refractivity contribution is 7.12. The van der Waals surface area contributed by atoms with Crippen molar-refractivity contribution in [1.29, 1.82) is 0 Å². The average molecular weight is 377 g/mol. The summed E-state index contributed by atoms with van der Waals surface area (Å²) < 4.78 is 0. The number of rotatable bonds is 5.